The molecule has 0 aliphatic carbocycles. The summed E-state index contributed by atoms with van der Waals surface area (Å²) in [5.41, 5.74) is 1.18. The molecule has 13 heavy (non-hydrogen) atoms. The van der Waals surface area contributed by atoms with E-state index in [0.717, 1.165) is 10.2 Å². The second-order valence-corrected chi connectivity index (χ2v) is 5.17. The van der Waals surface area contributed by atoms with Gasteiger partial charge in [-0.2, -0.15) is 11.3 Å². The lowest BCUT2D eigenvalue weighted by Gasteiger charge is -1.89. The number of thiophene rings is 1. The van der Waals surface area contributed by atoms with Crippen LogP contribution in [0.2, 0.25) is 0 Å². The minimum Gasteiger partial charge on any atom is -0.288 e. The van der Waals surface area contributed by atoms with Crippen LogP contribution in [0.15, 0.2) is 21.3 Å². The highest BCUT2D eigenvalue weighted by Crippen LogP contribution is 2.22. The van der Waals surface area contributed by atoms with Crippen molar-refractivity contribution in [1.82, 2.24) is 0 Å². The highest BCUT2D eigenvalue weighted by atomic mass is 79.9. The quantitative estimate of drug-likeness (QED) is 0.835. The molecule has 1 nitrogen and oxygen atoms in total. The SMILES string of the molecule is CC(=O)SCC=Cc1cscc1Br. The van der Waals surface area contributed by atoms with Gasteiger partial charge in [0.25, 0.3) is 0 Å². The largest absolute Gasteiger partial charge is 0.288 e. The summed E-state index contributed by atoms with van der Waals surface area (Å²) in [5, 5.41) is 4.27. The van der Waals surface area contributed by atoms with Crippen LogP contribution >= 0.6 is 39.0 Å². The first kappa shape index (κ1) is 11.0. The molecule has 0 unspecified atom stereocenters. The van der Waals surface area contributed by atoms with Gasteiger partial charge in [-0.15, -0.1) is 0 Å². The van der Waals surface area contributed by atoms with E-state index in [9.17, 15) is 4.79 Å². The number of carbonyl (C=O) groups excluding carboxylic acids is 1. The van der Waals surface area contributed by atoms with Crippen LogP contribution in [-0.4, -0.2) is 10.9 Å². The first-order valence-electron chi connectivity index (χ1n) is 3.71. The Balaban J connectivity index is 2.41. The summed E-state index contributed by atoms with van der Waals surface area (Å²) in [5.74, 6) is 0.748. The first-order valence-corrected chi connectivity index (χ1v) is 6.44. The summed E-state index contributed by atoms with van der Waals surface area (Å²) in [6.07, 6.45) is 4.02. The molecule has 0 aliphatic rings. The molecule has 0 aromatic carbocycles. The molecule has 0 saturated heterocycles. The van der Waals surface area contributed by atoms with Gasteiger partial charge in [0.05, 0.1) is 0 Å². The van der Waals surface area contributed by atoms with E-state index < -0.39 is 0 Å². The molecule has 1 aromatic heterocycles. The minimum atomic E-state index is 0.161. The van der Waals surface area contributed by atoms with Crippen LogP contribution in [0.25, 0.3) is 6.08 Å². The van der Waals surface area contributed by atoms with Crippen LogP contribution in [0.1, 0.15) is 12.5 Å². The molecule has 0 amide bonds. The summed E-state index contributed by atoms with van der Waals surface area (Å²) >= 11 is 6.41. The average Bonchev–Trinajstić information content (AvgIpc) is 2.45. The number of thioether (sulfide) groups is 1. The van der Waals surface area contributed by atoms with Gasteiger partial charge in [0.2, 0.25) is 0 Å². The van der Waals surface area contributed by atoms with Crippen molar-refractivity contribution in [1.29, 1.82) is 0 Å². The standard InChI is InChI=1S/C9H9BrOS2/c1-7(11)13-4-2-3-8-5-12-6-9(8)10/h2-3,5-6H,4H2,1H3. The second kappa shape index (κ2) is 5.62. The Hall–Kier alpha value is -0.0600. The fourth-order valence-corrected chi connectivity index (χ4v) is 2.58. The molecule has 0 radical (unpaired) electrons. The third-order valence-corrected chi connectivity index (χ3v) is 3.84. The maximum absolute atomic E-state index is 10.6. The van der Waals surface area contributed by atoms with Crippen molar-refractivity contribution in [3.05, 3.63) is 26.9 Å². The summed E-state index contributed by atoms with van der Waals surface area (Å²) < 4.78 is 1.11. The third kappa shape index (κ3) is 4.11. The van der Waals surface area contributed by atoms with Crippen LogP contribution in [0.3, 0.4) is 0 Å². The van der Waals surface area contributed by atoms with E-state index in [1.54, 1.807) is 18.3 Å². The fraction of sp³-hybridized carbons (Fsp3) is 0.222. The van der Waals surface area contributed by atoms with E-state index in [4.69, 9.17) is 0 Å². The number of halogens is 1. The van der Waals surface area contributed by atoms with Gasteiger partial charge < -0.3 is 0 Å². The van der Waals surface area contributed by atoms with Crippen LogP contribution < -0.4 is 0 Å². The number of hydrogen-bond donors (Lipinski definition) is 0. The summed E-state index contributed by atoms with van der Waals surface area (Å²) in [6.45, 7) is 1.58. The number of rotatable bonds is 3. The van der Waals surface area contributed by atoms with E-state index in [1.807, 2.05) is 17.5 Å². The minimum absolute atomic E-state index is 0.161. The van der Waals surface area contributed by atoms with E-state index in [0.29, 0.717) is 0 Å². The van der Waals surface area contributed by atoms with Gasteiger partial charge >= 0.3 is 0 Å². The van der Waals surface area contributed by atoms with Crippen LogP contribution in [0, 0.1) is 0 Å². The van der Waals surface area contributed by atoms with Gasteiger partial charge in [-0.1, -0.05) is 23.9 Å². The third-order valence-electron chi connectivity index (χ3n) is 1.32. The maximum atomic E-state index is 10.6. The monoisotopic (exact) mass is 276 g/mol. The van der Waals surface area contributed by atoms with Gasteiger partial charge in [-0.3, -0.25) is 4.79 Å². The van der Waals surface area contributed by atoms with E-state index in [1.165, 1.54) is 17.3 Å². The predicted molar refractivity (Wildman–Crippen MR) is 64.2 cm³/mol. The lowest BCUT2D eigenvalue weighted by molar-refractivity contribution is -0.109. The smallest absolute Gasteiger partial charge is 0.186 e. The van der Waals surface area contributed by atoms with Crippen molar-refractivity contribution in [3.8, 4) is 0 Å². The Kier molecular flexibility index (Phi) is 4.77. The van der Waals surface area contributed by atoms with Crippen LogP contribution in [-0.2, 0) is 4.79 Å². The van der Waals surface area contributed by atoms with E-state index in [-0.39, 0.29) is 5.12 Å². The second-order valence-electron chi connectivity index (χ2n) is 2.38. The Morgan fingerprint density at radius 1 is 1.69 bits per heavy atom. The Bertz CT molecular complexity index is 317. The van der Waals surface area contributed by atoms with E-state index in [2.05, 4.69) is 21.3 Å². The summed E-state index contributed by atoms with van der Waals surface area (Å²) in [6, 6.07) is 0. The lowest BCUT2D eigenvalue weighted by atomic mass is 10.3. The molecule has 4 heteroatoms. The Labute approximate surface area is 94.4 Å². The molecule has 0 bridgehead atoms. The molecule has 0 spiro atoms. The highest BCUT2D eigenvalue weighted by molar-refractivity contribution is 9.10. The van der Waals surface area contributed by atoms with Crippen molar-refractivity contribution < 1.29 is 4.79 Å². The maximum Gasteiger partial charge on any atom is 0.186 e. The van der Waals surface area contributed by atoms with Crippen molar-refractivity contribution in [2.24, 2.45) is 0 Å². The van der Waals surface area contributed by atoms with Gasteiger partial charge in [0.1, 0.15) is 0 Å². The summed E-state index contributed by atoms with van der Waals surface area (Å²) in [7, 11) is 0. The van der Waals surface area contributed by atoms with Crippen LogP contribution in [0.5, 0.6) is 0 Å². The predicted octanol–water partition coefficient (Wildman–Crippen LogP) is 3.80. The highest BCUT2D eigenvalue weighted by Gasteiger charge is 1.95. The molecule has 0 N–H and O–H groups in total. The molecular weight excluding hydrogens is 268 g/mol. The molecule has 70 valence electrons. The van der Waals surface area contributed by atoms with Crippen molar-refractivity contribution >= 4 is 50.2 Å². The summed E-state index contributed by atoms with van der Waals surface area (Å²) in [4.78, 5) is 10.6. The molecule has 1 heterocycles. The first-order chi connectivity index (χ1) is 6.20. The van der Waals surface area contributed by atoms with Gasteiger partial charge in [0.15, 0.2) is 5.12 Å². The fourth-order valence-electron chi connectivity index (χ4n) is 0.751. The van der Waals surface area contributed by atoms with Gasteiger partial charge in [-0.05, 0) is 26.9 Å². The zero-order chi connectivity index (χ0) is 9.68. The zero-order valence-corrected chi connectivity index (χ0v) is 10.3. The molecular formula is C9H9BrOS2. The van der Waals surface area contributed by atoms with Crippen molar-refractivity contribution in [2.75, 3.05) is 5.75 Å². The number of hydrogen-bond acceptors (Lipinski definition) is 3. The zero-order valence-electron chi connectivity index (χ0n) is 7.12. The van der Waals surface area contributed by atoms with Crippen molar-refractivity contribution in [3.63, 3.8) is 0 Å². The van der Waals surface area contributed by atoms with Crippen molar-refractivity contribution in [2.45, 2.75) is 6.92 Å². The topological polar surface area (TPSA) is 17.1 Å². The normalized spacial score (nSPS) is 10.9. The molecule has 1 aromatic rings. The molecule has 0 atom stereocenters. The molecule has 0 fully saturated rings. The molecule has 0 aliphatic heterocycles. The van der Waals surface area contributed by atoms with Gasteiger partial charge in [0, 0.05) is 22.5 Å². The van der Waals surface area contributed by atoms with Crippen LogP contribution in [0.4, 0.5) is 0 Å². The van der Waals surface area contributed by atoms with Gasteiger partial charge in [-0.25, -0.2) is 0 Å². The molecule has 0 saturated carbocycles. The number of carbonyl (C=O) groups is 1. The molecule has 1 rings (SSSR count). The Morgan fingerprint density at radius 2 is 2.46 bits per heavy atom. The lowest BCUT2D eigenvalue weighted by Crippen LogP contribution is -1.81. The average molecular weight is 277 g/mol. The Morgan fingerprint density at radius 3 is 3.00 bits per heavy atom. The van der Waals surface area contributed by atoms with E-state index >= 15 is 0 Å².